The van der Waals surface area contributed by atoms with E-state index in [1.807, 2.05) is 0 Å². The maximum atomic E-state index is 13.1. The molecule has 4 nitrogen and oxygen atoms in total. The third-order valence-electron chi connectivity index (χ3n) is 2.22. The van der Waals surface area contributed by atoms with Crippen molar-refractivity contribution >= 4 is 6.09 Å². The highest BCUT2D eigenvalue weighted by Crippen LogP contribution is 2.31. The molecule has 0 saturated carbocycles. The second-order valence-corrected chi connectivity index (χ2v) is 5.29. The predicted octanol–water partition coefficient (Wildman–Crippen LogP) is 3.37. The minimum absolute atomic E-state index is 0.109. The average Bonchev–Trinajstić information content (AvgIpc) is 2.27. The number of ether oxygens (including phenoxy) is 1. The first-order valence-electron chi connectivity index (χ1n) is 6.06. The van der Waals surface area contributed by atoms with Crippen molar-refractivity contribution in [1.29, 1.82) is 0 Å². The number of hydrogen-bond donors (Lipinski definition) is 2. The molecule has 0 radical (unpaired) electrons. The monoisotopic (exact) mass is 308 g/mol. The topological polar surface area (TPSA) is 50.4 Å². The van der Waals surface area contributed by atoms with Gasteiger partial charge in [-0.3, -0.25) is 5.43 Å². The lowest BCUT2D eigenvalue weighted by atomic mass is 10.1. The maximum absolute atomic E-state index is 13.1. The first-order valence-corrected chi connectivity index (χ1v) is 6.06. The lowest BCUT2D eigenvalue weighted by Crippen LogP contribution is -2.40. The van der Waals surface area contributed by atoms with Crippen LogP contribution < -0.4 is 10.9 Å². The summed E-state index contributed by atoms with van der Waals surface area (Å²) in [7, 11) is 0. The highest BCUT2D eigenvalue weighted by atomic mass is 19.4. The van der Waals surface area contributed by atoms with E-state index in [2.05, 4.69) is 10.9 Å². The van der Waals surface area contributed by atoms with Gasteiger partial charge in [0.2, 0.25) is 0 Å². The van der Waals surface area contributed by atoms with Crippen LogP contribution >= 0.6 is 0 Å². The molecule has 0 unspecified atom stereocenters. The quantitative estimate of drug-likeness (QED) is 0.665. The molecule has 2 N–H and O–H groups in total. The van der Waals surface area contributed by atoms with E-state index in [1.54, 1.807) is 20.8 Å². The Morgan fingerprint density at radius 3 is 2.38 bits per heavy atom. The molecule has 0 fully saturated rings. The highest BCUT2D eigenvalue weighted by Gasteiger charge is 2.34. The number of benzene rings is 1. The van der Waals surface area contributed by atoms with Gasteiger partial charge in [0, 0.05) is 6.54 Å². The van der Waals surface area contributed by atoms with Crippen molar-refractivity contribution in [2.75, 3.05) is 0 Å². The Balaban J connectivity index is 2.59. The number of carbonyl (C=O) groups is 1. The third kappa shape index (κ3) is 5.99. The van der Waals surface area contributed by atoms with Crippen LogP contribution in [0.4, 0.5) is 22.4 Å². The van der Waals surface area contributed by atoms with Gasteiger partial charge >= 0.3 is 12.3 Å². The molecule has 0 saturated heterocycles. The molecule has 0 spiro atoms. The van der Waals surface area contributed by atoms with E-state index < -0.39 is 29.3 Å². The van der Waals surface area contributed by atoms with E-state index in [0.29, 0.717) is 6.07 Å². The molecular weight excluding hydrogens is 292 g/mol. The van der Waals surface area contributed by atoms with E-state index in [-0.39, 0.29) is 12.1 Å². The molecule has 0 aliphatic rings. The van der Waals surface area contributed by atoms with Gasteiger partial charge in [0.25, 0.3) is 0 Å². The van der Waals surface area contributed by atoms with E-state index in [9.17, 15) is 22.4 Å². The number of nitrogens with one attached hydrogen (secondary N) is 2. The zero-order chi connectivity index (χ0) is 16.3. The molecule has 0 aliphatic heterocycles. The van der Waals surface area contributed by atoms with Crippen LogP contribution in [-0.4, -0.2) is 11.7 Å². The van der Waals surface area contributed by atoms with Gasteiger partial charge in [0.05, 0.1) is 5.56 Å². The standard InChI is InChI=1S/C13H16F4N2O2/c1-12(2,3)21-11(20)19-18-7-8-4-5-10(14)9(6-8)13(15,16)17/h4-6,18H,7H2,1-3H3,(H,19,20). The van der Waals surface area contributed by atoms with Gasteiger partial charge in [-0.2, -0.15) is 13.2 Å². The van der Waals surface area contributed by atoms with Crippen molar-refractivity contribution in [2.24, 2.45) is 0 Å². The Morgan fingerprint density at radius 1 is 1.24 bits per heavy atom. The molecular formula is C13H16F4N2O2. The molecule has 8 heteroatoms. The SMILES string of the molecule is CC(C)(C)OC(=O)NNCc1ccc(F)c(C(F)(F)F)c1. The molecule has 1 aromatic carbocycles. The molecule has 0 heterocycles. The summed E-state index contributed by atoms with van der Waals surface area (Å²) in [6, 6.07) is 2.60. The Morgan fingerprint density at radius 2 is 1.86 bits per heavy atom. The predicted molar refractivity (Wildman–Crippen MR) is 67.6 cm³/mol. The number of carbonyl (C=O) groups excluding carboxylic acids is 1. The first kappa shape index (κ1) is 17.2. The van der Waals surface area contributed by atoms with Crippen molar-refractivity contribution in [3.63, 3.8) is 0 Å². The van der Waals surface area contributed by atoms with Crippen LogP contribution in [0, 0.1) is 5.82 Å². The van der Waals surface area contributed by atoms with Crippen LogP contribution in [0.1, 0.15) is 31.9 Å². The fourth-order valence-electron chi connectivity index (χ4n) is 1.42. The molecule has 1 amide bonds. The Hall–Kier alpha value is -1.83. The second kappa shape index (κ2) is 6.30. The second-order valence-electron chi connectivity index (χ2n) is 5.29. The minimum atomic E-state index is -4.77. The molecule has 0 atom stereocenters. The van der Waals surface area contributed by atoms with Crippen LogP contribution in [0.2, 0.25) is 0 Å². The van der Waals surface area contributed by atoms with Gasteiger partial charge in [0.1, 0.15) is 11.4 Å². The zero-order valence-electron chi connectivity index (χ0n) is 11.8. The molecule has 1 rings (SSSR count). The van der Waals surface area contributed by atoms with Crippen LogP contribution in [0.15, 0.2) is 18.2 Å². The fraction of sp³-hybridized carbons (Fsp3) is 0.462. The van der Waals surface area contributed by atoms with Gasteiger partial charge in [-0.25, -0.2) is 14.6 Å². The highest BCUT2D eigenvalue weighted by molar-refractivity contribution is 5.66. The van der Waals surface area contributed by atoms with Crippen LogP contribution in [0.3, 0.4) is 0 Å². The average molecular weight is 308 g/mol. The van der Waals surface area contributed by atoms with Crippen molar-refractivity contribution in [3.8, 4) is 0 Å². The Labute approximate surface area is 119 Å². The number of rotatable bonds is 3. The van der Waals surface area contributed by atoms with Gasteiger partial charge in [-0.15, -0.1) is 0 Å². The van der Waals surface area contributed by atoms with Crippen molar-refractivity contribution in [1.82, 2.24) is 10.9 Å². The van der Waals surface area contributed by atoms with E-state index in [4.69, 9.17) is 4.74 Å². The summed E-state index contributed by atoms with van der Waals surface area (Å²) in [5.74, 6) is -1.34. The summed E-state index contributed by atoms with van der Waals surface area (Å²) < 4.78 is 55.5. The molecule has 0 aliphatic carbocycles. The lowest BCUT2D eigenvalue weighted by Gasteiger charge is -2.19. The normalized spacial score (nSPS) is 12.1. The molecule has 1 aromatic rings. The van der Waals surface area contributed by atoms with E-state index in [0.717, 1.165) is 6.07 Å². The number of hydrazine groups is 1. The largest absolute Gasteiger partial charge is 0.443 e. The van der Waals surface area contributed by atoms with E-state index >= 15 is 0 Å². The summed E-state index contributed by atoms with van der Waals surface area (Å²) in [5.41, 5.74) is 2.71. The zero-order valence-corrected chi connectivity index (χ0v) is 11.8. The first-order chi connectivity index (χ1) is 9.49. The molecule has 0 bridgehead atoms. The maximum Gasteiger partial charge on any atom is 0.422 e. The summed E-state index contributed by atoms with van der Waals surface area (Å²) in [4.78, 5) is 11.3. The fourth-order valence-corrected chi connectivity index (χ4v) is 1.42. The van der Waals surface area contributed by atoms with Crippen molar-refractivity contribution in [2.45, 2.75) is 39.1 Å². The Kier molecular flexibility index (Phi) is 5.16. The third-order valence-corrected chi connectivity index (χ3v) is 2.22. The molecule has 118 valence electrons. The summed E-state index contributed by atoms with van der Waals surface area (Å²) in [5, 5.41) is 0. The van der Waals surface area contributed by atoms with Gasteiger partial charge in [0.15, 0.2) is 0 Å². The van der Waals surface area contributed by atoms with Gasteiger partial charge in [-0.1, -0.05) is 6.07 Å². The minimum Gasteiger partial charge on any atom is -0.443 e. The summed E-state index contributed by atoms with van der Waals surface area (Å²) in [6.45, 7) is 4.90. The number of hydrogen-bond acceptors (Lipinski definition) is 3. The summed E-state index contributed by atoms with van der Waals surface area (Å²) in [6.07, 6.45) is -5.53. The number of alkyl halides is 3. The van der Waals surface area contributed by atoms with E-state index in [1.165, 1.54) is 6.07 Å². The molecule has 21 heavy (non-hydrogen) atoms. The van der Waals surface area contributed by atoms with Crippen molar-refractivity contribution < 1.29 is 27.1 Å². The van der Waals surface area contributed by atoms with Gasteiger partial charge in [-0.05, 0) is 38.5 Å². The van der Waals surface area contributed by atoms with Gasteiger partial charge < -0.3 is 4.74 Å². The van der Waals surface area contributed by atoms with Crippen LogP contribution in [-0.2, 0) is 17.5 Å². The van der Waals surface area contributed by atoms with Crippen molar-refractivity contribution in [3.05, 3.63) is 35.1 Å². The van der Waals surface area contributed by atoms with Crippen LogP contribution in [0.5, 0.6) is 0 Å². The number of halogens is 4. The van der Waals surface area contributed by atoms with Crippen LogP contribution in [0.25, 0.3) is 0 Å². The Bertz CT molecular complexity index is 510. The summed E-state index contributed by atoms with van der Waals surface area (Å²) >= 11 is 0. The molecule has 0 aromatic heterocycles. The smallest absolute Gasteiger partial charge is 0.422 e. The lowest BCUT2D eigenvalue weighted by molar-refractivity contribution is -0.140. The number of amides is 1.